The largest absolute Gasteiger partial charge is 0.479 e. The number of hydrogen-bond donors (Lipinski definition) is 2. The number of carboxylic acid groups (broad SMARTS) is 1. The van der Waals surface area contributed by atoms with E-state index in [4.69, 9.17) is 14.5 Å². The molecule has 1 saturated heterocycles. The molecule has 34 heavy (non-hydrogen) atoms. The van der Waals surface area contributed by atoms with Gasteiger partial charge in [0.05, 0.1) is 30.4 Å². The van der Waals surface area contributed by atoms with Gasteiger partial charge in [-0.1, -0.05) is 13.8 Å². The minimum atomic E-state index is -1.28. The Labute approximate surface area is 195 Å². The Kier molecular flexibility index (Phi) is 5.22. The summed E-state index contributed by atoms with van der Waals surface area (Å²) in [5, 5.41) is 17.7. The molecular formula is C25H27FN4O4. The number of benzene rings is 1. The monoisotopic (exact) mass is 466 g/mol. The Bertz CT molecular complexity index is 1390. The Balaban J connectivity index is 1.87. The molecule has 1 aromatic carbocycles. The summed E-state index contributed by atoms with van der Waals surface area (Å²) < 4.78 is 27.3. The molecule has 4 aromatic rings. The molecular weight excluding hydrogens is 439 g/mol. The molecule has 0 unspecified atom stereocenters. The van der Waals surface area contributed by atoms with Crippen LogP contribution >= 0.6 is 0 Å². The summed E-state index contributed by atoms with van der Waals surface area (Å²) in [4.78, 5) is 16.8. The van der Waals surface area contributed by atoms with E-state index >= 15 is 0 Å². The van der Waals surface area contributed by atoms with Crippen molar-refractivity contribution in [3.63, 3.8) is 0 Å². The zero-order valence-electron chi connectivity index (χ0n) is 19.6. The molecule has 178 valence electrons. The van der Waals surface area contributed by atoms with E-state index in [0.717, 1.165) is 33.4 Å². The average molecular weight is 467 g/mol. The van der Waals surface area contributed by atoms with Gasteiger partial charge in [-0.25, -0.2) is 14.2 Å². The molecule has 8 nitrogen and oxygen atoms in total. The summed E-state index contributed by atoms with van der Waals surface area (Å²) in [6.07, 6.45) is 2.02. The number of aromatic amines is 1. The van der Waals surface area contributed by atoms with E-state index in [9.17, 15) is 14.3 Å². The third kappa shape index (κ3) is 3.47. The highest BCUT2D eigenvalue weighted by Crippen LogP contribution is 2.46. The number of aromatic nitrogens is 4. The number of H-pyrrole nitrogens is 1. The summed E-state index contributed by atoms with van der Waals surface area (Å²) in [7, 11) is 1.65. The third-order valence-corrected chi connectivity index (χ3v) is 6.71. The van der Waals surface area contributed by atoms with Crippen molar-refractivity contribution in [1.82, 2.24) is 19.7 Å². The summed E-state index contributed by atoms with van der Waals surface area (Å²) in [6, 6.07) is 8.33. The van der Waals surface area contributed by atoms with Crippen LogP contribution < -0.4 is 0 Å². The van der Waals surface area contributed by atoms with Crippen molar-refractivity contribution < 1.29 is 23.8 Å². The molecule has 3 aromatic heterocycles. The minimum Gasteiger partial charge on any atom is -0.479 e. The van der Waals surface area contributed by atoms with Gasteiger partial charge in [-0.15, -0.1) is 0 Å². The van der Waals surface area contributed by atoms with Gasteiger partial charge >= 0.3 is 5.97 Å². The Morgan fingerprint density at radius 3 is 2.76 bits per heavy atom. The predicted octanol–water partition coefficient (Wildman–Crippen LogP) is 4.31. The highest BCUT2D eigenvalue weighted by Gasteiger charge is 2.46. The number of aliphatic carboxylic acids is 1. The van der Waals surface area contributed by atoms with Gasteiger partial charge in [-0.05, 0) is 43.7 Å². The van der Waals surface area contributed by atoms with Crippen molar-refractivity contribution >= 4 is 28.0 Å². The van der Waals surface area contributed by atoms with E-state index in [2.05, 4.69) is 28.6 Å². The van der Waals surface area contributed by atoms with E-state index in [1.165, 1.54) is 12.1 Å². The van der Waals surface area contributed by atoms with Gasteiger partial charge in [0.1, 0.15) is 5.82 Å². The average Bonchev–Trinajstić information content (AvgIpc) is 3.48. The molecule has 1 aliphatic heterocycles. The van der Waals surface area contributed by atoms with Gasteiger partial charge in [0.15, 0.2) is 11.2 Å². The number of nitrogens with zero attached hydrogens (tertiary/aromatic N) is 3. The van der Waals surface area contributed by atoms with Crippen LogP contribution in [0.15, 0.2) is 36.5 Å². The first-order valence-electron chi connectivity index (χ1n) is 11.2. The molecule has 0 bridgehead atoms. The summed E-state index contributed by atoms with van der Waals surface area (Å²) in [6.45, 7) is 6.43. The SMILES string of the molecule is COCC(C)(C)c1c([C@@H]2CO[C@@](C)(C(=O)O)C2)c2nc3[nH]ncc3cc2n1-c1ccc(F)cc1. The predicted molar refractivity (Wildman–Crippen MR) is 125 cm³/mol. The van der Waals surface area contributed by atoms with Gasteiger partial charge in [0, 0.05) is 40.8 Å². The number of methoxy groups -OCH3 is 1. The third-order valence-electron chi connectivity index (χ3n) is 6.71. The van der Waals surface area contributed by atoms with Crippen LogP contribution in [0.25, 0.3) is 27.8 Å². The highest BCUT2D eigenvalue weighted by atomic mass is 19.1. The molecule has 5 rings (SSSR count). The number of pyridine rings is 1. The smallest absolute Gasteiger partial charge is 0.335 e. The van der Waals surface area contributed by atoms with Gasteiger partial charge in [0.25, 0.3) is 0 Å². The fraction of sp³-hybridized carbons (Fsp3) is 0.400. The lowest BCUT2D eigenvalue weighted by Crippen LogP contribution is -2.34. The van der Waals surface area contributed by atoms with E-state index in [-0.39, 0.29) is 18.3 Å². The molecule has 1 aliphatic rings. The standard InChI is InChI=1S/C25H27FN4O4/c1-24(2,13-33-4)21-19(15-10-25(3,23(31)32)34-12-15)20-18(9-14-11-27-29-22(14)28-20)30(21)17-7-5-16(26)6-8-17/h5-9,11,15H,10,12-13H2,1-4H3,(H,31,32)(H,27,28,29)/t15-,25+/m0/s1. The van der Waals surface area contributed by atoms with Crippen LogP contribution in [0, 0.1) is 5.82 Å². The molecule has 4 heterocycles. The van der Waals surface area contributed by atoms with Crippen LogP contribution in [0.5, 0.6) is 0 Å². The van der Waals surface area contributed by atoms with Crippen molar-refractivity contribution in [3.05, 3.63) is 53.6 Å². The zero-order valence-corrected chi connectivity index (χ0v) is 19.6. The van der Waals surface area contributed by atoms with E-state index in [0.29, 0.717) is 18.7 Å². The van der Waals surface area contributed by atoms with Crippen LogP contribution in [0.4, 0.5) is 4.39 Å². The van der Waals surface area contributed by atoms with E-state index < -0.39 is 17.0 Å². The number of ether oxygens (including phenoxy) is 2. The highest BCUT2D eigenvalue weighted by molar-refractivity contribution is 5.94. The molecule has 0 radical (unpaired) electrons. The van der Waals surface area contributed by atoms with Crippen LogP contribution in [-0.2, 0) is 19.7 Å². The topological polar surface area (TPSA) is 102 Å². The number of rotatable bonds is 6. The number of carbonyl (C=O) groups is 1. The number of halogens is 1. The quantitative estimate of drug-likeness (QED) is 0.439. The van der Waals surface area contributed by atoms with Crippen LogP contribution in [0.1, 0.15) is 44.4 Å². The second kappa shape index (κ2) is 7.89. The lowest BCUT2D eigenvalue weighted by molar-refractivity contribution is -0.157. The molecule has 0 spiro atoms. The fourth-order valence-electron chi connectivity index (χ4n) is 5.14. The molecule has 0 aliphatic carbocycles. The minimum absolute atomic E-state index is 0.204. The molecule has 1 fully saturated rings. The lowest BCUT2D eigenvalue weighted by Gasteiger charge is -2.29. The van der Waals surface area contributed by atoms with Crippen LogP contribution in [0.2, 0.25) is 0 Å². The van der Waals surface area contributed by atoms with Gasteiger partial charge < -0.3 is 19.1 Å². The van der Waals surface area contributed by atoms with Gasteiger partial charge in [-0.3, -0.25) is 5.10 Å². The van der Waals surface area contributed by atoms with Crippen LogP contribution in [0.3, 0.4) is 0 Å². The first-order valence-corrected chi connectivity index (χ1v) is 11.2. The normalized spacial score (nSPS) is 21.0. The molecule has 2 N–H and O–H groups in total. The fourth-order valence-corrected chi connectivity index (χ4v) is 5.14. The molecule has 9 heteroatoms. The number of nitrogens with one attached hydrogen (secondary N) is 1. The van der Waals surface area contributed by atoms with Crippen molar-refractivity contribution in [2.24, 2.45) is 0 Å². The summed E-state index contributed by atoms with van der Waals surface area (Å²) >= 11 is 0. The maximum atomic E-state index is 13.8. The number of hydrogen-bond acceptors (Lipinski definition) is 5. The lowest BCUT2D eigenvalue weighted by atomic mass is 9.81. The molecule has 2 atom stereocenters. The molecule has 0 amide bonds. The summed E-state index contributed by atoms with van der Waals surface area (Å²) in [5.41, 5.74) is 3.09. The van der Waals surface area contributed by atoms with Gasteiger partial charge in [-0.2, -0.15) is 5.10 Å². The van der Waals surface area contributed by atoms with E-state index in [1.807, 2.05) is 6.07 Å². The Morgan fingerprint density at radius 1 is 1.38 bits per heavy atom. The first-order chi connectivity index (χ1) is 16.1. The van der Waals surface area contributed by atoms with Crippen LogP contribution in [-0.4, -0.2) is 56.7 Å². The first kappa shape index (κ1) is 22.5. The van der Waals surface area contributed by atoms with Crippen molar-refractivity contribution in [3.8, 4) is 5.69 Å². The Morgan fingerprint density at radius 2 is 2.12 bits per heavy atom. The van der Waals surface area contributed by atoms with Crippen molar-refractivity contribution in [2.75, 3.05) is 20.3 Å². The van der Waals surface area contributed by atoms with Crippen molar-refractivity contribution in [2.45, 2.75) is 44.1 Å². The van der Waals surface area contributed by atoms with E-state index in [1.54, 1.807) is 32.4 Å². The number of fused-ring (bicyclic) bond motifs is 2. The summed E-state index contributed by atoms with van der Waals surface area (Å²) in [5.74, 6) is -1.52. The maximum Gasteiger partial charge on any atom is 0.335 e. The Hall–Kier alpha value is -3.30. The second-order valence-electron chi connectivity index (χ2n) is 9.80. The molecule has 0 saturated carbocycles. The second-order valence-corrected chi connectivity index (χ2v) is 9.80. The number of carboxylic acids is 1. The van der Waals surface area contributed by atoms with Crippen molar-refractivity contribution in [1.29, 1.82) is 0 Å². The maximum absolute atomic E-state index is 13.8. The van der Waals surface area contributed by atoms with Gasteiger partial charge in [0.2, 0.25) is 0 Å². The zero-order chi connectivity index (χ0) is 24.3.